The van der Waals surface area contributed by atoms with Crippen molar-refractivity contribution >= 4 is 11.7 Å². The molecule has 2 amide bonds. The average molecular weight is 300 g/mol. The highest BCUT2D eigenvalue weighted by atomic mass is 16.5. The van der Waals surface area contributed by atoms with Crippen LogP contribution in [0.5, 0.6) is 0 Å². The number of ether oxygens (including phenoxy) is 1. The average Bonchev–Trinajstić information content (AvgIpc) is 2.55. The first-order valence-corrected chi connectivity index (χ1v) is 7.14. The van der Waals surface area contributed by atoms with Crippen molar-refractivity contribution in [1.82, 2.24) is 5.32 Å². The van der Waals surface area contributed by atoms with Gasteiger partial charge in [0.2, 0.25) is 0 Å². The van der Waals surface area contributed by atoms with Crippen molar-refractivity contribution in [2.75, 3.05) is 18.5 Å². The third-order valence-corrected chi connectivity index (χ3v) is 2.99. The summed E-state index contributed by atoms with van der Waals surface area (Å²) in [6, 6.07) is 17.1. The van der Waals surface area contributed by atoms with Crippen LogP contribution in [-0.2, 0) is 18.0 Å². The van der Waals surface area contributed by atoms with Crippen LogP contribution in [-0.4, -0.2) is 24.3 Å². The normalized spacial score (nSPS) is 10.2. The van der Waals surface area contributed by atoms with Crippen molar-refractivity contribution in [2.45, 2.75) is 13.2 Å². The minimum atomic E-state index is -0.331. The number of hydrogen-bond acceptors (Lipinski definition) is 3. The Balaban J connectivity index is 1.75. The van der Waals surface area contributed by atoms with Gasteiger partial charge in [-0.05, 0) is 23.3 Å². The van der Waals surface area contributed by atoms with E-state index in [1.165, 1.54) is 0 Å². The van der Waals surface area contributed by atoms with E-state index in [2.05, 4.69) is 10.6 Å². The predicted molar refractivity (Wildman–Crippen MR) is 85.5 cm³/mol. The zero-order valence-corrected chi connectivity index (χ0v) is 12.3. The lowest BCUT2D eigenvalue weighted by Gasteiger charge is -2.08. The number of urea groups is 1. The highest BCUT2D eigenvalue weighted by molar-refractivity contribution is 5.89. The molecule has 0 saturated carbocycles. The minimum absolute atomic E-state index is 0.0783. The third-order valence-electron chi connectivity index (χ3n) is 2.99. The monoisotopic (exact) mass is 300 g/mol. The molecule has 0 unspecified atom stereocenters. The Morgan fingerprint density at radius 2 is 1.59 bits per heavy atom. The van der Waals surface area contributed by atoms with Gasteiger partial charge in [-0.3, -0.25) is 0 Å². The summed E-state index contributed by atoms with van der Waals surface area (Å²) < 4.78 is 5.65. The molecule has 0 spiro atoms. The van der Waals surface area contributed by atoms with Gasteiger partial charge in [0.15, 0.2) is 0 Å². The fourth-order valence-electron chi connectivity index (χ4n) is 1.89. The molecule has 2 aromatic rings. The van der Waals surface area contributed by atoms with E-state index in [-0.39, 0.29) is 19.2 Å². The summed E-state index contributed by atoms with van der Waals surface area (Å²) in [5.74, 6) is 0. The van der Waals surface area contributed by atoms with E-state index in [0.717, 1.165) is 11.1 Å². The Morgan fingerprint density at radius 3 is 2.23 bits per heavy atom. The van der Waals surface area contributed by atoms with E-state index >= 15 is 0 Å². The molecule has 0 aliphatic rings. The summed E-state index contributed by atoms with van der Waals surface area (Å²) in [6.07, 6.45) is 0. The first-order valence-electron chi connectivity index (χ1n) is 7.14. The molecule has 0 aromatic heterocycles. The molecule has 0 aliphatic carbocycles. The first-order chi connectivity index (χ1) is 10.8. The van der Waals surface area contributed by atoms with E-state index in [9.17, 15) is 4.79 Å². The van der Waals surface area contributed by atoms with Gasteiger partial charge in [-0.1, -0.05) is 42.5 Å². The predicted octanol–water partition coefficient (Wildman–Crippen LogP) is 2.52. The van der Waals surface area contributed by atoms with Crippen LogP contribution >= 0.6 is 0 Å². The maximum Gasteiger partial charge on any atom is 0.319 e. The summed E-state index contributed by atoms with van der Waals surface area (Å²) in [5.41, 5.74) is 2.88. The number of rotatable bonds is 7. The fourth-order valence-corrected chi connectivity index (χ4v) is 1.89. The lowest BCUT2D eigenvalue weighted by Crippen LogP contribution is -2.30. The van der Waals surface area contributed by atoms with Crippen molar-refractivity contribution in [3.63, 3.8) is 0 Å². The molecule has 22 heavy (non-hydrogen) atoms. The summed E-state index contributed by atoms with van der Waals surface area (Å²) in [7, 11) is 0. The highest BCUT2D eigenvalue weighted by Gasteiger charge is 2.01. The number of amides is 2. The third kappa shape index (κ3) is 5.55. The van der Waals surface area contributed by atoms with Gasteiger partial charge in [0.1, 0.15) is 0 Å². The number of hydrogen-bond donors (Lipinski definition) is 3. The van der Waals surface area contributed by atoms with Crippen molar-refractivity contribution in [2.24, 2.45) is 0 Å². The molecule has 5 nitrogen and oxygen atoms in total. The van der Waals surface area contributed by atoms with E-state index in [1.807, 2.05) is 54.6 Å². The number of nitrogens with one attached hydrogen (secondary N) is 2. The van der Waals surface area contributed by atoms with Crippen LogP contribution in [0.2, 0.25) is 0 Å². The second-order valence-electron chi connectivity index (χ2n) is 4.78. The van der Waals surface area contributed by atoms with Gasteiger partial charge in [0.05, 0.1) is 19.8 Å². The zero-order chi connectivity index (χ0) is 15.6. The standard InChI is InChI=1S/C17H20N2O3/c20-11-10-18-17(21)19-16-8-6-15(7-9-16)13-22-12-14-4-2-1-3-5-14/h1-9,20H,10-13H2,(H2,18,19,21). The molecule has 2 aromatic carbocycles. The van der Waals surface area contributed by atoms with E-state index in [1.54, 1.807) is 0 Å². The molecule has 5 heteroatoms. The molecule has 0 heterocycles. The lowest BCUT2D eigenvalue weighted by molar-refractivity contribution is 0.107. The van der Waals surface area contributed by atoms with Gasteiger partial charge >= 0.3 is 6.03 Å². The van der Waals surface area contributed by atoms with E-state index in [0.29, 0.717) is 18.9 Å². The molecule has 116 valence electrons. The Morgan fingerprint density at radius 1 is 0.955 bits per heavy atom. The SMILES string of the molecule is O=C(NCCO)Nc1ccc(COCc2ccccc2)cc1. The van der Waals surface area contributed by atoms with Gasteiger partial charge in [0, 0.05) is 12.2 Å². The second kappa shape index (κ2) is 8.81. The molecule has 0 bridgehead atoms. The quantitative estimate of drug-likeness (QED) is 0.736. The lowest BCUT2D eigenvalue weighted by atomic mass is 10.2. The van der Waals surface area contributed by atoms with Crippen LogP contribution in [0.4, 0.5) is 10.5 Å². The van der Waals surface area contributed by atoms with Gasteiger partial charge in [0.25, 0.3) is 0 Å². The summed E-state index contributed by atoms with van der Waals surface area (Å²) in [4.78, 5) is 11.4. The number of aliphatic hydroxyl groups excluding tert-OH is 1. The number of aliphatic hydroxyl groups is 1. The van der Waals surface area contributed by atoms with Crippen LogP contribution in [0.3, 0.4) is 0 Å². The Bertz CT molecular complexity index is 570. The maximum absolute atomic E-state index is 11.4. The van der Waals surface area contributed by atoms with E-state index in [4.69, 9.17) is 9.84 Å². The largest absolute Gasteiger partial charge is 0.395 e. The Labute approximate surface area is 129 Å². The van der Waals surface area contributed by atoms with Crippen molar-refractivity contribution in [3.05, 3.63) is 65.7 Å². The molecule has 0 saturated heterocycles. The Kier molecular flexibility index (Phi) is 6.41. The van der Waals surface area contributed by atoms with Crippen molar-refractivity contribution in [1.29, 1.82) is 0 Å². The molecule has 0 aliphatic heterocycles. The van der Waals surface area contributed by atoms with Crippen molar-refractivity contribution < 1.29 is 14.6 Å². The number of benzene rings is 2. The minimum Gasteiger partial charge on any atom is -0.395 e. The maximum atomic E-state index is 11.4. The molecular formula is C17H20N2O3. The zero-order valence-electron chi connectivity index (χ0n) is 12.3. The summed E-state index contributed by atoms with van der Waals surface area (Å²) in [6.45, 7) is 1.25. The van der Waals surface area contributed by atoms with Gasteiger partial charge < -0.3 is 20.5 Å². The van der Waals surface area contributed by atoms with Gasteiger partial charge in [-0.25, -0.2) is 4.79 Å². The van der Waals surface area contributed by atoms with Crippen LogP contribution in [0.1, 0.15) is 11.1 Å². The Hall–Kier alpha value is -2.37. The number of anilines is 1. The van der Waals surface area contributed by atoms with Crippen LogP contribution in [0, 0.1) is 0 Å². The van der Waals surface area contributed by atoms with Crippen LogP contribution in [0.15, 0.2) is 54.6 Å². The number of carbonyl (C=O) groups excluding carboxylic acids is 1. The smallest absolute Gasteiger partial charge is 0.319 e. The van der Waals surface area contributed by atoms with Crippen LogP contribution < -0.4 is 10.6 Å². The van der Waals surface area contributed by atoms with Crippen molar-refractivity contribution in [3.8, 4) is 0 Å². The molecule has 2 rings (SSSR count). The van der Waals surface area contributed by atoms with E-state index < -0.39 is 0 Å². The molecule has 0 fully saturated rings. The number of carbonyl (C=O) groups is 1. The molecular weight excluding hydrogens is 280 g/mol. The van der Waals surface area contributed by atoms with Gasteiger partial charge in [-0.15, -0.1) is 0 Å². The molecule has 0 atom stereocenters. The molecule has 3 N–H and O–H groups in total. The topological polar surface area (TPSA) is 70.6 Å². The van der Waals surface area contributed by atoms with Crippen LogP contribution in [0.25, 0.3) is 0 Å². The highest BCUT2D eigenvalue weighted by Crippen LogP contribution is 2.11. The summed E-state index contributed by atoms with van der Waals surface area (Å²) in [5, 5.41) is 13.8. The van der Waals surface area contributed by atoms with Gasteiger partial charge in [-0.2, -0.15) is 0 Å². The first kappa shape index (κ1) is 16.0. The second-order valence-corrected chi connectivity index (χ2v) is 4.78. The fraction of sp³-hybridized carbons (Fsp3) is 0.235. The molecule has 0 radical (unpaired) electrons. The summed E-state index contributed by atoms with van der Waals surface area (Å²) >= 11 is 0.